The Labute approximate surface area is 162 Å². The molecule has 0 fully saturated rings. The Balaban J connectivity index is 0.000000156. The van der Waals surface area contributed by atoms with E-state index in [9.17, 15) is 14.4 Å². The van der Waals surface area contributed by atoms with Crippen molar-refractivity contribution in [2.45, 2.75) is 16.7 Å². The summed E-state index contributed by atoms with van der Waals surface area (Å²) in [5.74, 6) is -0.461. The van der Waals surface area contributed by atoms with Gasteiger partial charge in [0.2, 0.25) is 11.8 Å². The van der Waals surface area contributed by atoms with Crippen LogP contribution in [-0.4, -0.2) is 49.5 Å². The van der Waals surface area contributed by atoms with Gasteiger partial charge in [-0.25, -0.2) is 14.8 Å². The minimum atomic E-state index is -1.05. The van der Waals surface area contributed by atoms with Crippen LogP contribution in [0, 0.1) is 0 Å². The summed E-state index contributed by atoms with van der Waals surface area (Å²) >= 11 is 2.71. The number of rotatable bonds is 2. The molecule has 2 aromatic heterocycles. The number of aliphatic hydroxyl groups excluding tert-OH is 1. The second-order valence-electron chi connectivity index (χ2n) is 5.41. The molecule has 0 aliphatic carbocycles. The molecule has 0 spiro atoms. The van der Waals surface area contributed by atoms with Crippen LogP contribution < -0.4 is 10.6 Å². The highest BCUT2D eigenvalue weighted by Crippen LogP contribution is 2.30. The fraction of sp³-hybridized carbons (Fsp3) is 0.188. The van der Waals surface area contributed by atoms with Gasteiger partial charge in [0.25, 0.3) is 0 Å². The van der Waals surface area contributed by atoms with E-state index in [0.29, 0.717) is 33.5 Å². The number of carbonyl (C=O) groups is 3. The highest BCUT2D eigenvalue weighted by molar-refractivity contribution is 8.00. The molecular formula is C16H14N4O5S2. The third-order valence-corrected chi connectivity index (χ3v) is 5.43. The molecule has 4 heterocycles. The van der Waals surface area contributed by atoms with E-state index in [2.05, 4.69) is 20.6 Å². The van der Waals surface area contributed by atoms with Crippen LogP contribution in [0.2, 0.25) is 0 Å². The number of pyridine rings is 2. The number of carbonyl (C=O) groups excluding carboxylic acids is 2. The average molecular weight is 406 g/mol. The fourth-order valence-corrected chi connectivity index (χ4v) is 3.67. The molecule has 0 saturated heterocycles. The second kappa shape index (κ2) is 8.37. The van der Waals surface area contributed by atoms with Crippen LogP contribution in [0.25, 0.3) is 0 Å². The predicted molar refractivity (Wildman–Crippen MR) is 100 cm³/mol. The smallest absolute Gasteiger partial charge is 0.337 e. The van der Waals surface area contributed by atoms with E-state index in [4.69, 9.17) is 10.2 Å². The van der Waals surface area contributed by atoms with Gasteiger partial charge in [-0.2, -0.15) is 0 Å². The quantitative estimate of drug-likeness (QED) is 0.583. The van der Waals surface area contributed by atoms with Crippen LogP contribution in [0.3, 0.4) is 0 Å². The lowest BCUT2D eigenvalue weighted by atomic mass is 10.2. The van der Waals surface area contributed by atoms with Gasteiger partial charge in [-0.3, -0.25) is 9.59 Å². The third kappa shape index (κ3) is 4.76. The van der Waals surface area contributed by atoms with Crippen molar-refractivity contribution >= 4 is 52.7 Å². The van der Waals surface area contributed by atoms with E-state index in [1.54, 1.807) is 12.3 Å². The van der Waals surface area contributed by atoms with Gasteiger partial charge in [0.15, 0.2) is 0 Å². The van der Waals surface area contributed by atoms with E-state index < -0.39 is 5.97 Å². The summed E-state index contributed by atoms with van der Waals surface area (Å²) in [4.78, 5) is 40.7. The van der Waals surface area contributed by atoms with Crippen LogP contribution in [0.5, 0.6) is 0 Å². The van der Waals surface area contributed by atoms with Gasteiger partial charge < -0.3 is 20.8 Å². The van der Waals surface area contributed by atoms with Gasteiger partial charge >= 0.3 is 5.97 Å². The number of anilines is 2. The molecule has 0 atom stereocenters. The number of carboxylic acids is 1. The highest BCUT2D eigenvalue weighted by atomic mass is 32.2. The molecule has 2 aromatic rings. The minimum absolute atomic E-state index is 0.0191. The van der Waals surface area contributed by atoms with E-state index >= 15 is 0 Å². The van der Waals surface area contributed by atoms with Crippen molar-refractivity contribution in [1.82, 2.24) is 9.97 Å². The monoisotopic (exact) mass is 406 g/mol. The number of fused-ring (bicyclic) bond motifs is 2. The van der Waals surface area contributed by atoms with Crippen molar-refractivity contribution in [1.29, 1.82) is 0 Å². The van der Waals surface area contributed by atoms with Crippen molar-refractivity contribution in [3.05, 3.63) is 35.7 Å². The molecule has 0 unspecified atom stereocenters. The Morgan fingerprint density at radius 3 is 2.11 bits per heavy atom. The average Bonchev–Trinajstić information content (AvgIpc) is 2.67. The molecule has 9 nitrogen and oxygen atoms in total. The van der Waals surface area contributed by atoms with Crippen molar-refractivity contribution in [3.63, 3.8) is 0 Å². The van der Waals surface area contributed by atoms with Gasteiger partial charge in [-0.15, -0.1) is 0 Å². The van der Waals surface area contributed by atoms with Crippen molar-refractivity contribution < 1.29 is 24.6 Å². The Morgan fingerprint density at radius 1 is 1.00 bits per heavy atom. The lowest BCUT2D eigenvalue weighted by molar-refractivity contribution is -0.114. The summed E-state index contributed by atoms with van der Waals surface area (Å²) in [5, 5.41) is 24.3. The summed E-state index contributed by atoms with van der Waals surface area (Å²) in [5.41, 5.74) is 1.96. The lowest BCUT2D eigenvalue weighted by Crippen LogP contribution is -2.19. The first kappa shape index (κ1) is 19.1. The van der Waals surface area contributed by atoms with Crippen molar-refractivity contribution in [2.75, 3.05) is 22.1 Å². The summed E-state index contributed by atoms with van der Waals surface area (Å²) in [7, 11) is 0. The number of carboxylic acid groups (broad SMARTS) is 1. The normalized spacial score (nSPS) is 14.7. The summed E-state index contributed by atoms with van der Waals surface area (Å²) < 4.78 is 0. The number of hydrogen-bond donors (Lipinski definition) is 4. The van der Waals surface area contributed by atoms with E-state index in [0.717, 1.165) is 5.03 Å². The first-order chi connectivity index (χ1) is 13.0. The van der Waals surface area contributed by atoms with Gasteiger partial charge in [0, 0.05) is 12.4 Å². The summed E-state index contributed by atoms with van der Waals surface area (Å²) in [6, 6.07) is 3.15. The molecular weight excluding hydrogens is 392 g/mol. The SMILES string of the molecule is O=C1CSc2ncc(C(=O)O)cc2N1.O=C1CSc2ncc(CO)cc2N1. The van der Waals surface area contributed by atoms with Crippen LogP contribution in [0.1, 0.15) is 15.9 Å². The Morgan fingerprint density at radius 2 is 1.56 bits per heavy atom. The Bertz CT molecular complexity index is 922. The lowest BCUT2D eigenvalue weighted by Gasteiger charge is -2.15. The minimum Gasteiger partial charge on any atom is -0.478 e. The van der Waals surface area contributed by atoms with Gasteiger partial charge in [-0.05, 0) is 17.7 Å². The zero-order chi connectivity index (χ0) is 19.4. The Kier molecular flexibility index (Phi) is 5.94. The molecule has 2 aliphatic heterocycles. The first-order valence-electron chi connectivity index (χ1n) is 7.64. The van der Waals surface area contributed by atoms with Crippen LogP contribution >= 0.6 is 23.5 Å². The zero-order valence-corrected chi connectivity index (χ0v) is 15.4. The molecule has 140 valence electrons. The molecule has 2 amide bonds. The molecule has 0 radical (unpaired) electrons. The topological polar surface area (TPSA) is 142 Å². The van der Waals surface area contributed by atoms with E-state index in [1.807, 2.05) is 0 Å². The first-order valence-corrected chi connectivity index (χ1v) is 9.62. The molecule has 2 aliphatic rings. The fourth-order valence-electron chi connectivity index (χ4n) is 2.20. The predicted octanol–water partition coefficient (Wildman–Crippen LogP) is 1.44. The van der Waals surface area contributed by atoms with E-state index in [-0.39, 0.29) is 24.0 Å². The maximum atomic E-state index is 11.0. The third-order valence-electron chi connectivity index (χ3n) is 3.42. The molecule has 0 aromatic carbocycles. The summed E-state index contributed by atoms with van der Waals surface area (Å²) in [6.07, 6.45) is 2.90. The number of aromatic carboxylic acids is 1. The van der Waals surface area contributed by atoms with Gasteiger partial charge in [0.1, 0.15) is 10.1 Å². The van der Waals surface area contributed by atoms with Crippen LogP contribution in [0.15, 0.2) is 34.6 Å². The standard InChI is InChI=1S/C8H6N2O3S.C8H8N2O2S/c11-6-3-14-7-5(10-6)1-4(2-9-7)8(12)13;11-3-5-1-6-8(9-2-5)13-4-7(12)10-6/h1-2H,3H2,(H,10,11)(H,12,13);1-2,11H,3-4H2,(H,10,12). The van der Waals surface area contributed by atoms with Crippen LogP contribution in [-0.2, 0) is 16.2 Å². The van der Waals surface area contributed by atoms with Crippen molar-refractivity contribution in [3.8, 4) is 0 Å². The van der Waals surface area contributed by atoms with Crippen molar-refractivity contribution in [2.24, 2.45) is 0 Å². The van der Waals surface area contributed by atoms with E-state index in [1.165, 1.54) is 35.8 Å². The highest BCUT2D eigenvalue weighted by Gasteiger charge is 2.18. The number of amides is 2. The molecule has 4 rings (SSSR count). The Hall–Kier alpha value is -2.63. The summed E-state index contributed by atoms with van der Waals surface area (Å²) in [6.45, 7) is -0.0547. The van der Waals surface area contributed by atoms with Gasteiger partial charge in [0.05, 0.1) is 35.1 Å². The second-order valence-corrected chi connectivity index (χ2v) is 7.34. The molecule has 4 N–H and O–H groups in total. The number of aliphatic hydroxyl groups is 1. The molecule has 0 saturated carbocycles. The number of hydrogen-bond acceptors (Lipinski definition) is 8. The number of nitrogens with zero attached hydrogens (tertiary/aromatic N) is 2. The number of nitrogens with one attached hydrogen (secondary N) is 2. The van der Waals surface area contributed by atoms with Crippen LogP contribution in [0.4, 0.5) is 11.4 Å². The molecule has 0 bridgehead atoms. The number of thioether (sulfide) groups is 2. The maximum Gasteiger partial charge on any atom is 0.337 e. The molecule has 11 heteroatoms. The van der Waals surface area contributed by atoms with Gasteiger partial charge in [-0.1, -0.05) is 23.5 Å². The largest absolute Gasteiger partial charge is 0.478 e. The number of aromatic nitrogens is 2. The molecule has 27 heavy (non-hydrogen) atoms. The zero-order valence-electron chi connectivity index (χ0n) is 13.8. The maximum absolute atomic E-state index is 11.0.